The predicted molar refractivity (Wildman–Crippen MR) is 132 cm³/mol. The number of aryl methyl sites for hydroxylation is 1. The summed E-state index contributed by atoms with van der Waals surface area (Å²) < 4.78 is 5.54. The highest BCUT2D eigenvalue weighted by atomic mass is 127. The standard InChI is InChI=1S/C23H30N4O2.HI/c1-17-3-5-19(6-4-17)15-26-23(24-2)25-14-13-18-7-11-21(12-8-18)29-16-22(28)27-20-9-10-20;/h3-8,11-12,20H,9-10,13-16H2,1-2H3,(H,27,28)(H2,24,25,26);1H. The van der Waals surface area contributed by atoms with Crippen LogP contribution in [-0.2, 0) is 17.8 Å². The minimum atomic E-state index is -0.0507. The molecule has 1 amide bonds. The third kappa shape index (κ3) is 8.61. The molecule has 0 bridgehead atoms. The lowest BCUT2D eigenvalue weighted by Crippen LogP contribution is -2.37. The molecule has 0 radical (unpaired) electrons. The molecule has 7 heteroatoms. The van der Waals surface area contributed by atoms with Gasteiger partial charge in [0.15, 0.2) is 12.6 Å². The molecule has 3 rings (SSSR count). The smallest absolute Gasteiger partial charge is 0.258 e. The lowest BCUT2D eigenvalue weighted by molar-refractivity contribution is -0.123. The minimum absolute atomic E-state index is 0. The second-order valence-corrected chi connectivity index (χ2v) is 7.36. The van der Waals surface area contributed by atoms with E-state index < -0.39 is 0 Å². The van der Waals surface area contributed by atoms with Crippen molar-refractivity contribution in [2.75, 3.05) is 20.2 Å². The van der Waals surface area contributed by atoms with Crippen LogP contribution in [0.2, 0.25) is 0 Å². The Balaban J connectivity index is 0.00000320. The molecule has 0 saturated heterocycles. The first-order valence-corrected chi connectivity index (χ1v) is 10.1. The topological polar surface area (TPSA) is 74.8 Å². The molecule has 2 aromatic rings. The van der Waals surface area contributed by atoms with Crippen LogP contribution in [0.5, 0.6) is 5.75 Å². The Morgan fingerprint density at radius 3 is 2.33 bits per heavy atom. The lowest BCUT2D eigenvalue weighted by Gasteiger charge is -2.12. The molecule has 3 N–H and O–H groups in total. The average Bonchev–Trinajstić information content (AvgIpc) is 3.55. The first-order valence-electron chi connectivity index (χ1n) is 10.1. The monoisotopic (exact) mass is 522 g/mol. The van der Waals surface area contributed by atoms with Gasteiger partial charge in [-0.05, 0) is 49.4 Å². The summed E-state index contributed by atoms with van der Waals surface area (Å²) in [4.78, 5) is 15.9. The molecule has 0 atom stereocenters. The van der Waals surface area contributed by atoms with Crippen molar-refractivity contribution in [2.45, 2.75) is 38.8 Å². The van der Waals surface area contributed by atoms with Gasteiger partial charge in [-0.15, -0.1) is 24.0 Å². The van der Waals surface area contributed by atoms with Crippen molar-refractivity contribution in [3.05, 3.63) is 65.2 Å². The maximum absolute atomic E-state index is 11.7. The normalized spacial score (nSPS) is 13.2. The van der Waals surface area contributed by atoms with E-state index in [1.165, 1.54) is 16.7 Å². The maximum Gasteiger partial charge on any atom is 0.258 e. The number of carbonyl (C=O) groups excluding carboxylic acids is 1. The molecule has 6 nitrogen and oxygen atoms in total. The molecular formula is C23H31IN4O2. The predicted octanol–water partition coefficient (Wildman–Crippen LogP) is 3.18. The highest BCUT2D eigenvalue weighted by Gasteiger charge is 2.23. The van der Waals surface area contributed by atoms with Gasteiger partial charge >= 0.3 is 0 Å². The SMILES string of the molecule is CN=C(NCCc1ccc(OCC(=O)NC2CC2)cc1)NCc1ccc(C)cc1.I. The molecule has 0 aromatic heterocycles. The summed E-state index contributed by atoms with van der Waals surface area (Å²) >= 11 is 0. The molecule has 30 heavy (non-hydrogen) atoms. The van der Waals surface area contributed by atoms with Gasteiger partial charge in [-0.2, -0.15) is 0 Å². The Morgan fingerprint density at radius 1 is 1.03 bits per heavy atom. The molecule has 0 spiro atoms. The van der Waals surface area contributed by atoms with Gasteiger partial charge < -0.3 is 20.7 Å². The van der Waals surface area contributed by atoms with Crippen LogP contribution in [0.1, 0.15) is 29.5 Å². The third-order valence-electron chi connectivity index (χ3n) is 4.75. The zero-order valence-electron chi connectivity index (χ0n) is 17.6. The molecule has 1 aliphatic carbocycles. The number of nitrogens with zero attached hydrogens (tertiary/aromatic N) is 1. The van der Waals surface area contributed by atoms with Crippen molar-refractivity contribution >= 4 is 35.8 Å². The summed E-state index contributed by atoms with van der Waals surface area (Å²) in [6.07, 6.45) is 3.04. The summed E-state index contributed by atoms with van der Waals surface area (Å²) in [5, 5.41) is 9.57. The number of amides is 1. The van der Waals surface area contributed by atoms with Crippen molar-refractivity contribution in [1.82, 2.24) is 16.0 Å². The number of halogens is 1. The number of nitrogens with one attached hydrogen (secondary N) is 3. The van der Waals surface area contributed by atoms with Crippen LogP contribution in [0, 0.1) is 6.92 Å². The van der Waals surface area contributed by atoms with Gasteiger partial charge in [-0.3, -0.25) is 9.79 Å². The molecule has 0 unspecified atom stereocenters. The van der Waals surface area contributed by atoms with E-state index in [9.17, 15) is 4.79 Å². The molecule has 2 aromatic carbocycles. The van der Waals surface area contributed by atoms with E-state index in [0.29, 0.717) is 11.8 Å². The van der Waals surface area contributed by atoms with E-state index in [0.717, 1.165) is 38.3 Å². The number of rotatable bonds is 9. The van der Waals surface area contributed by atoms with E-state index in [4.69, 9.17) is 4.74 Å². The van der Waals surface area contributed by atoms with Crippen molar-refractivity contribution in [2.24, 2.45) is 4.99 Å². The number of hydrogen-bond donors (Lipinski definition) is 3. The van der Waals surface area contributed by atoms with E-state index in [2.05, 4.69) is 52.1 Å². The largest absolute Gasteiger partial charge is 0.484 e. The van der Waals surface area contributed by atoms with Crippen LogP contribution in [0.3, 0.4) is 0 Å². The van der Waals surface area contributed by atoms with Crippen molar-refractivity contribution in [3.63, 3.8) is 0 Å². The zero-order chi connectivity index (χ0) is 20.5. The molecule has 0 aliphatic heterocycles. The first-order chi connectivity index (χ1) is 14.1. The average molecular weight is 522 g/mol. The van der Waals surface area contributed by atoms with Gasteiger partial charge in [0.25, 0.3) is 5.91 Å². The number of guanidine groups is 1. The van der Waals surface area contributed by atoms with Crippen LogP contribution in [0.25, 0.3) is 0 Å². The highest BCUT2D eigenvalue weighted by Crippen LogP contribution is 2.18. The van der Waals surface area contributed by atoms with Crippen LogP contribution >= 0.6 is 24.0 Å². The van der Waals surface area contributed by atoms with Crippen molar-refractivity contribution in [3.8, 4) is 5.75 Å². The van der Waals surface area contributed by atoms with Crippen LogP contribution < -0.4 is 20.7 Å². The number of aliphatic imine (C=N–C) groups is 1. The van der Waals surface area contributed by atoms with Crippen LogP contribution in [0.4, 0.5) is 0 Å². The fourth-order valence-corrected chi connectivity index (χ4v) is 2.84. The van der Waals surface area contributed by atoms with Crippen LogP contribution in [-0.4, -0.2) is 38.1 Å². The molecule has 1 fully saturated rings. The summed E-state index contributed by atoms with van der Waals surface area (Å²) in [6, 6.07) is 16.7. The summed E-state index contributed by atoms with van der Waals surface area (Å²) in [7, 11) is 1.77. The minimum Gasteiger partial charge on any atom is -0.484 e. The van der Waals surface area contributed by atoms with Gasteiger partial charge in [0.05, 0.1) is 0 Å². The number of ether oxygens (including phenoxy) is 1. The fourth-order valence-electron chi connectivity index (χ4n) is 2.84. The Labute approximate surface area is 195 Å². The molecule has 1 saturated carbocycles. The Hall–Kier alpha value is -2.29. The van der Waals surface area contributed by atoms with E-state index in [-0.39, 0.29) is 36.5 Å². The fraction of sp³-hybridized carbons (Fsp3) is 0.391. The van der Waals surface area contributed by atoms with Crippen molar-refractivity contribution in [1.29, 1.82) is 0 Å². The van der Waals surface area contributed by atoms with Gasteiger partial charge in [-0.25, -0.2) is 0 Å². The zero-order valence-corrected chi connectivity index (χ0v) is 19.9. The third-order valence-corrected chi connectivity index (χ3v) is 4.75. The molecule has 162 valence electrons. The van der Waals surface area contributed by atoms with E-state index >= 15 is 0 Å². The second kappa shape index (κ2) is 12.4. The highest BCUT2D eigenvalue weighted by molar-refractivity contribution is 14.0. The summed E-state index contributed by atoms with van der Waals surface area (Å²) in [5.41, 5.74) is 3.68. The Kier molecular flexibility index (Phi) is 9.93. The molecule has 1 aliphatic rings. The summed E-state index contributed by atoms with van der Waals surface area (Å²) in [6.45, 7) is 3.67. The number of hydrogen-bond acceptors (Lipinski definition) is 3. The Morgan fingerprint density at radius 2 is 1.70 bits per heavy atom. The number of benzene rings is 2. The number of carbonyl (C=O) groups is 1. The van der Waals surface area contributed by atoms with E-state index in [1.807, 2.05) is 24.3 Å². The van der Waals surface area contributed by atoms with Crippen LogP contribution in [0.15, 0.2) is 53.5 Å². The Bertz CT molecular complexity index is 818. The second-order valence-electron chi connectivity index (χ2n) is 7.36. The van der Waals surface area contributed by atoms with Crippen molar-refractivity contribution < 1.29 is 9.53 Å². The quantitative estimate of drug-likeness (QED) is 0.269. The summed E-state index contributed by atoms with van der Waals surface area (Å²) in [5.74, 6) is 1.45. The lowest BCUT2D eigenvalue weighted by atomic mass is 10.1. The van der Waals surface area contributed by atoms with Gasteiger partial charge in [0, 0.05) is 26.2 Å². The van der Waals surface area contributed by atoms with Gasteiger partial charge in [-0.1, -0.05) is 42.0 Å². The van der Waals surface area contributed by atoms with Gasteiger partial charge in [0.1, 0.15) is 5.75 Å². The van der Waals surface area contributed by atoms with Gasteiger partial charge in [0.2, 0.25) is 0 Å². The maximum atomic E-state index is 11.7. The molecular weight excluding hydrogens is 491 g/mol. The molecule has 0 heterocycles. The first kappa shape index (κ1) is 24.0. The van der Waals surface area contributed by atoms with E-state index in [1.54, 1.807) is 7.05 Å².